The summed E-state index contributed by atoms with van der Waals surface area (Å²) in [6.45, 7) is 2.71. The van der Waals surface area contributed by atoms with Crippen molar-refractivity contribution in [2.75, 3.05) is 32.7 Å². The molecule has 2 aromatic carbocycles. The van der Waals surface area contributed by atoms with Crippen LogP contribution in [-0.4, -0.2) is 64.2 Å². The van der Waals surface area contributed by atoms with Gasteiger partial charge in [-0.15, -0.1) is 0 Å². The third-order valence-electron chi connectivity index (χ3n) is 7.72. The van der Waals surface area contributed by atoms with E-state index in [-0.39, 0.29) is 6.42 Å². The Bertz CT molecular complexity index is 1470. The van der Waals surface area contributed by atoms with Crippen LogP contribution < -0.4 is 10.6 Å². The highest BCUT2D eigenvalue weighted by Gasteiger charge is 2.40. The van der Waals surface area contributed by atoms with Gasteiger partial charge in [-0.05, 0) is 67.7 Å². The van der Waals surface area contributed by atoms with Gasteiger partial charge >= 0.3 is 0 Å². The molecule has 2 fully saturated rings. The van der Waals surface area contributed by atoms with Crippen LogP contribution in [0.2, 0.25) is 0 Å². The number of rotatable bonds is 8. The highest BCUT2D eigenvalue weighted by Crippen LogP contribution is 2.36. The minimum Gasteiger partial charge on any atom is -0.374 e. The molecule has 0 aliphatic carbocycles. The maximum absolute atomic E-state index is 15.0. The second kappa shape index (κ2) is 10.8. The molecule has 208 valence electrons. The molecule has 0 amide bonds. The Morgan fingerprint density at radius 3 is 2.74 bits per heavy atom. The SMILES string of the molecule is OC(NCCCN1CCC(F)CC1)c1ccc2c(c1)sc1nc(-c3ccc(C4CC(F)(F)CN4)cc3F)cn12. The molecule has 2 atom stereocenters. The van der Waals surface area contributed by atoms with Gasteiger partial charge in [0.1, 0.15) is 18.2 Å². The van der Waals surface area contributed by atoms with Crippen LogP contribution in [0.5, 0.6) is 0 Å². The van der Waals surface area contributed by atoms with E-state index < -0.39 is 36.7 Å². The molecule has 3 N–H and O–H groups in total. The second-order valence-corrected chi connectivity index (χ2v) is 11.6. The third-order valence-corrected chi connectivity index (χ3v) is 8.74. The first-order valence-corrected chi connectivity index (χ1v) is 14.2. The molecule has 2 saturated heterocycles. The van der Waals surface area contributed by atoms with Crippen molar-refractivity contribution in [1.82, 2.24) is 24.9 Å². The number of halogens is 4. The van der Waals surface area contributed by atoms with Gasteiger partial charge in [0, 0.05) is 37.3 Å². The van der Waals surface area contributed by atoms with Crippen molar-refractivity contribution in [2.24, 2.45) is 0 Å². The van der Waals surface area contributed by atoms with Crippen LogP contribution in [0.4, 0.5) is 17.6 Å². The Kier molecular flexibility index (Phi) is 7.36. The molecule has 6 rings (SSSR count). The minimum atomic E-state index is -2.78. The molecule has 2 aromatic heterocycles. The Morgan fingerprint density at radius 2 is 2.00 bits per heavy atom. The fourth-order valence-corrected chi connectivity index (χ4v) is 6.56. The van der Waals surface area contributed by atoms with Crippen LogP contribution in [0.15, 0.2) is 42.6 Å². The molecular weight excluding hydrogens is 530 g/mol. The van der Waals surface area contributed by atoms with Gasteiger partial charge in [-0.25, -0.2) is 22.5 Å². The van der Waals surface area contributed by atoms with Crippen molar-refractivity contribution in [2.45, 2.75) is 50.0 Å². The molecule has 39 heavy (non-hydrogen) atoms. The zero-order chi connectivity index (χ0) is 27.1. The minimum absolute atomic E-state index is 0.317. The average Bonchev–Trinajstić information content (AvgIpc) is 3.59. The molecule has 2 aliphatic heterocycles. The van der Waals surface area contributed by atoms with Crippen LogP contribution in [0.3, 0.4) is 0 Å². The van der Waals surface area contributed by atoms with E-state index in [0.717, 1.165) is 41.8 Å². The summed E-state index contributed by atoms with van der Waals surface area (Å²) in [5, 5.41) is 16.6. The molecule has 4 heterocycles. The van der Waals surface area contributed by atoms with Crippen molar-refractivity contribution < 1.29 is 22.7 Å². The summed E-state index contributed by atoms with van der Waals surface area (Å²) >= 11 is 1.45. The number of fused-ring (bicyclic) bond motifs is 3. The lowest BCUT2D eigenvalue weighted by atomic mass is 10.0. The zero-order valence-electron chi connectivity index (χ0n) is 21.3. The normalized spacial score (nSPS) is 21.3. The molecule has 0 spiro atoms. The van der Waals surface area contributed by atoms with Gasteiger partial charge in [0.2, 0.25) is 0 Å². The maximum Gasteiger partial charge on any atom is 0.262 e. The summed E-state index contributed by atoms with van der Waals surface area (Å²) in [5.74, 6) is -3.28. The van der Waals surface area contributed by atoms with E-state index in [1.807, 2.05) is 22.6 Å². The van der Waals surface area contributed by atoms with E-state index in [0.29, 0.717) is 41.2 Å². The van der Waals surface area contributed by atoms with Crippen molar-refractivity contribution in [3.63, 3.8) is 0 Å². The number of aromatic nitrogens is 2. The number of hydrogen-bond acceptors (Lipinski definition) is 6. The van der Waals surface area contributed by atoms with E-state index in [2.05, 4.69) is 20.5 Å². The molecule has 0 bridgehead atoms. The van der Waals surface area contributed by atoms with Gasteiger partial charge in [-0.3, -0.25) is 9.72 Å². The van der Waals surface area contributed by atoms with Gasteiger partial charge in [-0.1, -0.05) is 23.5 Å². The fraction of sp³-hybridized carbons (Fsp3) is 0.464. The van der Waals surface area contributed by atoms with Crippen molar-refractivity contribution in [3.8, 4) is 11.3 Å². The maximum atomic E-state index is 15.0. The smallest absolute Gasteiger partial charge is 0.262 e. The summed E-state index contributed by atoms with van der Waals surface area (Å²) in [6, 6.07) is 9.71. The molecule has 2 aliphatic rings. The van der Waals surface area contributed by atoms with Crippen LogP contribution in [0.25, 0.3) is 26.4 Å². The van der Waals surface area contributed by atoms with Gasteiger partial charge in [0.25, 0.3) is 5.92 Å². The second-order valence-electron chi connectivity index (χ2n) is 10.6. The number of alkyl halides is 3. The number of hydrogen-bond donors (Lipinski definition) is 3. The highest BCUT2D eigenvalue weighted by atomic mass is 32.1. The number of nitrogens with zero attached hydrogens (tertiary/aromatic N) is 3. The van der Waals surface area contributed by atoms with Crippen LogP contribution in [0.1, 0.15) is 49.1 Å². The first kappa shape index (κ1) is 26.6. The lowest BCUT2D eigenvalue weighted by molar-refractivity contribution is 0.0210. The van der Waals surface area contributed by atoms with E-state index >= 15 is 4.39 Å². The van der Waals surface area contributed by atoms with Gasteiger partial charge in [-0.2, -0.15) is 0 Å². The van der Waals surface area contributed by atoms with E-state index in [4.69, 9.17) is 0 Å². The number of likely N-dealkylation sites (tertiary alicyclic amines) is 1. The summed E-state index contributed by atoms with van der Waals surface area (Å²) in [6.07, 6.45) is 2.02. The lowest BCUT2D eigenvalue weighted by Gasteiger charge is -2.28. The fourth-order valence-electron chi connectivity index (χ4n) is 5.51. The number of piperidine rings is 1. The van der Waals surface area contributed by atoms with E-state index in [9.17, 15) is 18.3 Å². The number of imidazole rings is 1. The quantitative estimate of drug-likeness (QED) is 0.152. The molecule has 11 heteroatoms. The summed E-state index contributed by atoms with van der Waals surface area (Å²) in [7, 11) is 0. The molecule has 0 saturated carbocycles. The Hall–Kier alpha value is -2.57. The summed E-state index contributed by atoms with van der Waals surface area (Å²) < 4.78 is 58.2. The Morgan fingerprint density at radius 1 is 1.18 bits per heavy atom. The first-order chi connectivity index (χ1) is 18.8. The predicted octanol–water partition coefficient (Wildman–Crippen LogP) is 5.43. The number of aliphatic hydroxyl groups excluding tert-OH is 1. The van der Waals surface area contributed by atoms with Crippen LogP contribution in [-0.2, 0) is 0 Å². The summed E-state index contributed by atoms with van der Waals surface area (Å²) in [5.41, 5.74) is 2.94. The van der Waals surface area contributed by atoms with Crippen LogP contribution in [0, 0.1) is 5.82 Å². The summed E-state index contributed by atoms with van der Waals surface area (Å²) in [4.78, 5) is 7.57. The van der Waals surface area contributed by atoms with Crippen LogP contribution >= 0.6 is 11.3 Å². The van der Waals surface area contributed by atoms with Crippen molar-refractivity contribution in [1.29, 1.82) is 0 Å². The number of benzene rings is 2. The van der Waals surface area contributed by atoms with Gasteiger partial charge < -0.3 is 15.3 Å². The first-order valence-electron chi connectivity index (χ1n) is 13.4. The van der Waals surface area contributed by atoms with E-state index in [1.54, 1.807) is 18.3 Å². The number of nitrogens with one attached hydrogen (secondary N) is 2. The Balaban J connectivity index is 1.11. The van der Waals surface area contributed by atoms with Crippen molar-refractivity contribution in [3.05, 3.63) is 59.5 Å². The largest absolute Gasteiger partial charge is 0.374 e. The number of thiazole rings is 1. The highest BCUT2D eigenvalue weighted by molar-refractivity contribution is 7.23. The predicted molar refractivity (Wildman–Crippen MR) is 144 cm³/mol. The zero-order valence-corrected chi connectivity index (χ0v) is 22.2. The topological polar surface area (TPSA) is 64.8 Å². The van der Waals surface area contributed by atoms with Gasteiger partial charge in [0.05, 0.1) is 22.5 Å². The lowest BCUT2D eigenvalue weighted by Crippen LogP contribution is -2.36. The number of aliphatic hydroxyl groups is 1. The van der Waals surface area contributed by atoms with E-state index in [1.165, 1.54) is 17.4 Å². The average molecular weight is 562 g/mol. The molecule has 0 radical (unpaired) electrons. The molecule has 6 nitrogen and oxygen atoms in total. The van der Waals surface area contributed by atoms with Crippen molar-refractivity contribution >= 4 is 26.5 Å². The third kappa shape index (κ3) is 5.69. The molecular formula is C28H31F4N5OS. The molecule has 4 aromatic rings. The standard InChI is InChI=1S/C28H31F4N5OS/c29-19-6-10-36(11-7-19)9-1-8-33-26(38)18-3-5-24-25(13-18)39-27-35-23(15-37(24)27)20-4-2-17(12-21(20)30)22-14-28(31,32)16-34-22/h2-5,12-13,15,19,22,26,33-34,38H,1,6-11,14,16H2. The Labute approximate surface area is 227 Å². The monoisotopic (exact) mass is 561 g/mol. The van der Waals surface area contributed by atoms with Gasteiger partial charge in [0.15, 0.2) is 4.96 Å². The molecule has 2 unspecified atom stereocenters.